The van der Waals surface area contributed by atoms with Gasteiger partial charge in [-0.15, -0.1) is 0 Å². The molecule has 3 unspecified atom stereocenters. The Hall–Kier alpha value is -0.630. The van der Waals surface area contributed by atoms with E-state index in [2.05, 4.69) is 33.8 Å². The van der Waals surface area contributed by atoms with E-state index in [4.69, 9.17) is 0 Å². The molecule has 3 saturated carbocycles. The molecule has 8 atom stereocenters. The predicted octanol–water partition coefficient (Wildman–Crippen LogP) is 5.15. The zero-order valence-corrected chi connectivity index (χ0v) is 16.8. The van der Waals surface area contributed by atoms with Crippen LogP contribution in [0.2, 0.25) is 0 Å². The van der Waals surface area contributed by atoms with Gasteiger partial charge >= 0.3 is 0 Å². The lowest BCUT2D eigenvalue weighted by molar-refractivity contribution is -0.140. The average molecular weight is 345 g/mol. The number of hydrogen-bond donors (Lipinski definition) is 1. The largest absolute Gasteiger partial charge is 0.393 e. The molecule has 4 aliphatic carbocycles. The van der Waals surface area contributed by atoms with Crippen molar-refractivity contribution < 1.29 is 9.90 Å². The minimum atomic E-state index is -0.156. The van der Waals surface area contributed by atoms with Gasteiger partial charge in [0.25, 0.3) is 0 Å². The zero-order valence-electron chi connectivity index (χ0n) is 16.8. The van der Waals surface area contributed by atoms with Gasteiger partial charge in [0.05, 0.1) is 6.10 Å². The molecule has 0 amide bonds. The van der Waals surface area contributed by atoms with Crippen LogP contribution in [0.4, 0.5) is 0 Å². The molecule has 140 valence electrons. The molecule has 0 aromatic rings. The molecule has 0 aromatic heterocycles. The number of carbonyl (C=O) groups is 1. The summed E-state index contributed by atoms with van der Waals surface area (Å²) in [7, 11) is 0. The molecule has 0 aromatic carbocycles. The minimum absolute atomic E-state index is 0.128. The summed E-state index contributed by atoms with van der Waals surface area (Å²) in [5.74, 6) is 3.05. The van der Waals surface area contributed by atoms with Crippen LogP contribution < -0.4 is 0 Å². The van der Waals surface area contributed by atoms with Gasteiger partial charge in [-0.3, -0.25) is 4.79 Å². The molecule has 0 saturated heterocycles. The van der Waals surface area contributed by atoms with Gasteiger partial charge in [-0.2, -0.15) is 0 Å². The quantitative estimate of drug-likeness (QED) is 0.668. The molecule has 2 nitrogen and oxygen atoms in total. The first kappa shape index (κ1) is 17.8. The molecule has 4 aliphatic rings. The highest BCUT2D eigenvalue weighted by Crippen LogP contribution is 2.71. The van der Waals surface area contributed by atoms with Crippen LogP contribution in [0, 0.1) is 39.9 Å². The fourth-order valence-corrected chi connectivity index (χ4v) is 7.97. The second kappa shape index (κ2) is 5.44. The summed E-state index contributed by atoms with van der Waals surface area (Å²) in [5, 5.41) is 10.1. The van der Waals surface area contributed by atoms with Crippen LogP contribution in [0.3, 0.4) is 0 Å². The maximum atomic E-state index is 12.7. The van der Waals surface area contributed by atoms with Gasteiger partial charge in [-0.1, -0.05) is 39.3 Å². The van der Waals surface area contributed by atoms with E-state index in [1.165, 1.54) is 31.3 Å². The minimum Gasteiger partial charge on any atom is -0.393 e. The first-order valence-corrected chi connectivity index (χ1v) is 10.5. The Morgan fingerprint density at radius 1 is 1.16 bits per heavy atom. The Morgan fingerprint density at radius 3 is 2.56 bits per heavy atom. The van der Waals surface area contributed by atoms with Crippen LogP contribution in [0.15, 0.2) is 11.6 Å². The molecule has 4 rings (SSSR count). The Morgan fingerprint density at radius 2 is 1.88 bits per heavy atom. The maximum absolute atomic E-state index is 12.7. The number of rotatable bonds is 1. The molecule has 2 heteroatoms. The lowest BCUT2D eigenvalue weighted by atomic mass is 9.45. The van der Waals surface area contributed by atoms with E-state index in [9.17, 15) is 9.90 Å². The van der Waals surface area contributed by atoms with E-state index in [1.54, 1.807) is 0 Å². The van der Waals surface area contributed by atoms with Crippen LogP contribution in [0.1, 0.15) is 79.6 Å². The molecule has 0 radical (unpaired) electrons. The first-order chi connectivity index (χ1) is 11.6. The van der Waals surface area contributed by atoms with Crippen molar-refractivity contribution in [1.29, 1.82) is 0 Å². The number of fused-ring (bicyclic) bond motifs is 5. The van der Waals surface area contributed by atoms with Gasteiger partial charge < -0.3 is 5.11 Å². The third kappa shape index (κ3) is 2.10. The summed E-state index contributed by atoms with van der Waals surface area (Å²) in [6.45, 7) is 11.3. The van der Waals surface area contributed by atoms with Crippen LogP contribution in [-0.2, 0) is 4.79 Å². The number of hydrogen-bond acceptors (Lipinski definition) is 2. The van der Waals surface area contributed by atoms with Crippen LogP contribution in [0.25, 0.3) is 0 Å². The lowest BCUT2D eigenvalue weighted by Crippen LogP contribution is -2.53. The summed E-state index contributed by atoms with van der Waals surface area (Å²) in [4.78, 5) is 12.7. The second-order valence-electron chi connectivity index (χ2n) is 10.5. The SMILES string of the molecule is CC(=O)[C@@]1(C)[C@H](C)CC2[C@@H]3CC=C4CC(O)CC[C@]4(C)C3CC[C@@]21C. The van der Waals surface area contributed by atoms with E-state index in [-0.39, 0.29) is 16.9 Å². The highest BCUT2D eigenvalue weighted by molar-refractivity contribution is 5.83. The van der Waals surface area contributed by atoms with E-state index in [0.29, 0.717) is 23.0 Å². The molecule has 25 heavy (non-hydrogen) atoms. The van der Waals surface area contributed by atoms with E-state index >= 15 is 0 Å². The highest BCUT2D eigenvalue weighted by atomic mass is 16.3. The summed E-state index contributed by atoms with van der Waals surface area (Å²) >= 11 is 0. The van der Waals surface area contributed by atoms with Gasteiger partial charge in [0.15, 0.2) is 0 Å². The normalized spacial score (nSPS) is 55.0. The average Bonchev–Trinajstić information content (AvgIpc) is 2.77. The van der Waals surface area contributed by atoms with E-state index in [0.717, 1.165) is 31.1 Å². The molecular formula is C23H36O2. The van der Waals surface area contributed by atoms with Crippen molar-refractivity contribution in [2.24, 2.45) is 39.9 Å². The Balaban J connectivity index is 1.72. The van der Waals surface area contributed by atoms with Crippen molar-refractivity contribution in [3.8, 4) is 0 Å². The molecule has 3 fully saturated rings. The van der Waals surface area contributed by atoms with E-state index in [1.807, 2.05) is 6.92 Å². The number of Topliss-reactive ketones (excluding diaryl/α,β-unsaturated/α-hetero) is 1. The number of aliphatic hydroxyl groups is 1. The predicted molar refractivity (Wildman–Crippen MR) is 101 cm³/mol. The number of ketones is 1. The zero-order chi connectivity index (χ0) is 18.2. The van der Waals surface area contributed by atoms with Crippen molar-refractivity contribution >= 4 is 5.78 Å². The summed E-state index contributed by atoms with van der Waals surface area (Å²) in [6.07, 6.45) is 10.2. The van der Waals surface area contributed by atoms with Crippen molar-refractivity contribution in [1.82, 2.24) is 0 Å². The van der Waals surface area contributed by atoms with Crippen molar-refractivity contribution in [2.45, 2.75) is 85.7 Å². The van der Waals surface area contributed by atoms with Gasteiger partial charge in [0.1, 0.15) is 5.78 Å². The lowest BCUT2D eigenvalue weighted by Gasteiger charge is -2.59. The fraction of sp³-hybridized carbons (Fsp3) is 0.870. The monoisotopic (exact) mass is 344 g/mol. The first-order valence-electron chi connectivity index (χ1n) is 10.5. The molecule has 0 bridgehead atoms. The third-order valence-corrected chi connectivity index (χ3v) is 9.98. The fourth-order valence-electron chi connectivity index (χ4n) is 7.97. The van der Waals surface area contributed by atoms with Crippen LogP contribution >= 0.6 is 0 Å². The van der Waals surface area contributed by atoms with Gasteiger partial charge in [0, 0.05) is 5.41 Å². The Labute approximate surface area is 153 Å². The van der Waals surface area contributed by atoms with Crippen molar-refractivity contribution in [2.75, 3.05) is 0 Å². The standard InChI is InChI=1S/C23H36O2/c1-14-12-20-18-7-6-16-13-17(25)8-10-21(16,3)19(18)9-11-22(20,4)23(14,5)15(2)24/h6,14,17-20,25H,7-13H2,1-5H3/t14-,17?,18-,19?,20?,21+,22+,23-/m1/s1. The molecular weight excluding hydrogens is 308 g/mol. The smallest absolute Gasteiger partial charge is 0.136 e. The van der Waals surface area contributed by atoms with Crippen molar-refractivity contribution in [3.63, 3.8) is 0 Å². The summed E-state index contributed by atoms with van der Waals surface area (Å²) < 4.78 is 0. The number of aliphatic hydroxyl groups excluding tert-OH is 1. The van der Waals surface area contributed by atoms with E-state index < -0.39 is 0 Å². The van der Waals surface area contributed by atoms with Crippen LogP contribution in [0.5, 0.6) is 0 Å². The molecule has 0 aliphatic heterocycles. The molecule has 0 heterocycles. The topological polar surface area (TPSA) is 37.3 Å². The molecule has 1 N–H and O–H groups in total. The summed E-state index contributed by atoms with van der Waals surface area (Å²) in [5.41, 5.74) is 1.84. The van der Waals surface area contributed by atoms with Crippen LogP contribution in [-0.4, -0.2) is 17.0 Å². The second-order valence-corrected chi connectivity index (χ2v) is 10.5. The Kier molecular flexibility index (Phi) is 3.87. The van der Waals surface area contributed by atoms with Crippen molar-refractivity contribution in [3.05, 3.63) is 11.6 Å². The third-order valence-electron chi connectivity index (χ3n) is 9.98. The highest BCUT2D eigenvalue weighted by Gasteiger charge is 2.66. The Bertz CT molecular complexity index is 622. The van der Waals surface area contributed by atoms with Gasteiger partial charge in [0.2, 0.25) is 0 Å². The van der Waals surface area contributed by atoms with Gasteiger partial charge in [-0.05, 0) is 86.4 Å². The summed E-state index contributed by atoms with van der Waals surface area (Å²) in [6, 6.07) is 0. The molecule has 0 spiro atoms. The van der Waals surface area contributed by atoms with Gasteiger partial charge in [-0.25, -0.2) is 0 Å². The number of allylic oxidation sites excluding steroid dienone is 1. The number of carbonyl (C=O) groups excluding carboxylic acids is 1. The maximum Gasteiger partial charge on any atom is 0.136 e.